The maximum atomic E-state index is 11.1. The van der Waals surface area contributed by atoms with Crippen LogP contribution in [-0.2, 0) is 17.2 Å². The van der Waals surface area contributed by atoms with Crippen molar-refractivity contribution in [1.29, 1.82) is 0 Å². The van der Waals surface area contributed by atoms with E-state index in [0.29, 0.717) is 18.0 Å². The van der Waals surface area contributed by atoms with Crippen LogP contribution in [0.2, 0.25) is 5.02 Å². The molecule has 0 bridgehead atoms. The Kier molecular flexibility index (Phi) is 5.41. The Labute approximate surface area is 177 Å². The molecule has 28 heavy (non-hydrogen) atoms. The Morgan fingerprint density at radius 1 is 1.25 bits per heavy atom. The van der Waals surface area contributed by atoms with E-state index in [9.17, 15) is 8.42 Å². The van der Waals surface area contributed by atoms with Crippen LogP contribution in [0.1, 0.15) is 11.4 Å². The van der Waals surface area contributed by atoms with E-state index in [0.717, 1.165) is 20.6 Å². The maximum Gasteiger partial charge on any atom is 0.265 e. The van der Waals surface area contributed by atoms with Gasteiger partial charge in [0.25, 0.3) is 15.1 Å². The maximum absolute atomic E-state index is 11.1. The van der Waals surface area contributed by atoms with Crippen LogP contribution in [0.15, 0.2) is 52.4 Å². The summed E-state index contributed by atoms with van der Waals surface area (Å²) in [6.45, 7) is 0.488. The highest BCUT2D eigenvalue weighted by atomic mass is 35.5. The summed E-state index contributed by atoms with van der Waals surface area (Å²) in [5.74, 6) is -0.263. The second-order valence-electron chi connectivity index (χ2n) is 6.45. The molecular formula is C19H18ClN2O3S3+. The van der Waals surface area contributed by atoms with E-state index in [4.69, 9.17) is 16.2 Å². The highest BCUT2D eigenvalue weighted by Crippen LogP contribution is 2.47. The predicted molar refractivity (Wildman–Crippen MR) is 117 cm³/mol. The van der Waals surface area contributed by atoms with E-state index < -0.39 is 10.1 Å². The van der Waals surface area contributed by atoms with E-state index in [2.05, 4.69) is 27.7 Å². The van der Waals surface area contributed by atoms with Crippen LogP contribution in [0.25, 0.3) is 16.3 Å². The second kappa shape index (κ2) is 7.68. The van der Waals surface area contributed by atoms with Crippen molar-refractivity contribution < 1.29 is 17.5 Å². The van der Waals surface area contributed by atoms with Crippen molar-refractivity contribution in [2.75, 3.05) is 17.2 Å². The number of aryl methyl sites for hydroxylation is 1. The van der Waals surface area contributed by atoms with Gasteiger partial charge in [-0.25, -0.2) is 0 Å². The van der Waals surface area contributed by atoms with E-state index >= 15 is 0 Å². The summed E-state index contributed by atoms with van der Waals surface area (Å²) in [4.78, 5) is 3.13. The minimum Gasteiger partial charge on any atom is -0.335 e. The summed E-state index contributed by atoms with van der Waals surface area (Å²) in [7, 11) is -1.94. The van der Waals surface area contributed by atoms with Gasteiger partial charge in [0.05, 0.1) is 22.5 Å². The molecule has 0 saturated heterocycles. The third-order valence-electron chi connectivity index (χ3n) is 4.50. The molecule has 1 aliphatic heterocycles. The largest absolute Gasteiger partial charge is 0.335 e. The molecule has 3 aromatic rings. The van der Waals surface area contributed by atoms with Crippen molar-refractivity contribution in [3.05, 3.63) is 57.5 Å². The average molecular weight is 454 g/mol. The number of nitrogens with zero attached hydrogens (tertiary/aromatic N) is 2. The molecule has 5 nitrogen and oxygen atoms in total. The fraction of sp³-hybridized carbons (Fsp3) is 0.211. The molecule has 9 heteroatoms. The highest BCUT2D eigenvalue weighted by Gasteiger charge is 2.27. The van der Waals surface area contributed by atoms with Gasteiger partial charge in [0.2, 0.25) is 5.52 Å². The SMILES string of the molecule is C[n+]1c(/C=C2/Sc3cc(Cl)ccc3N2CCCS(=O)(=O)O)sc2ccccc21. The molecule has 0 fully saturated rings. The first-order valence-electron chi connectivity index (χ1n) is 8.61. The molecule has 0 atom stereocenters. The first-order chi connectivity index (χ1) is 13.3. The van der Waals surface area contributed by atoms with Gasteiger partial charge in [0, 0.05) is 22.5 Å². The first kappa shape index (κ1) is 19.7. The third-order valence-corrected chi connectivity index (χ3v) is 7.80. The second-order valence-corrected chi connectivity index (χ2v) is 10.6. The van der Waals surface area contributed by atoms with Crippen LogP contribution in [0.3, 0.4) is 0 Å². The lowest BCUT2D eigenvalue weighted by Crippen LogP contribution is -2.29. The number of fused-ring (bicyclic) bond motifs is 2. The van der Waals surface area contributed by atoms with Gasteiger partial charge in [-0.05, 0) is 30.7 Å². The Hall–Kier alpha value is -1.58. The molecule has 146 valence electrons. The van der Waals surface area contributed by atoms with E-state index in [-0.39, 0.29) is 5.75 Å². The third kappa shape index (κ3) is 4.06. The minimum absolute atomic E-state index is 0.263. The van der Waals surface area contributed by atoms with Crippen molar-refractivity contribution in [2.45, 2.75) is 11.3 Å². The number of benzene rings is 2. The number of hydrogen-bond acceptors (Lipinski definition) is 5. The van der Waals surface area contributed by atoms with Crippen LogP contribution in [0, 0.1) is 0 Å². The van der Waals surface area contributed by atoms with E-state index in [1.54, 1.807) is 23.1 Å². The van der Waals surface area contributed by atoms with Crippen molar-refractivity contribution in [2.24, 2.45) is 7.05 Å². The Morgan fingerprint density at radius 3 is 2.79 bits per heavy atom. The molecule has 0 unspecified atom stereocenters. The van der Waals surface area contributed by atoms with Gasteiger partial charge < -0.3 is 4.90 Å². The Bertz CT molecular complexity index is 1190. The number of hydrogen-bond donors (Lipinski definition) is 1. The molecule has 0 aliphatic carbocycles. The number of aromatic nitrogens is 1. The lowest BCUT2D eigenvalue weighted by molar-refractivity contribution is -0.642. The molecular weight excluding hydrogens is 436 g/mol. The molecule has 1 aliphatic rings. The van der Waals surface area contributed by atoms with Crippen LogP contribution < -0.4 is 9.47 Å². The van der Waals surface area contributed by atoms with Crippen LogP contribution in [0.4, 0.5) is 5.69 Å². The zero-order valence-corrected chi connectivity index (χ0v) is 18.2. The van der Waals surface area contributed by atoms with Gasteiger partial charge in [-0.2, -0.15) is 13.0 Å². The number of thiazole rings is 1. The lowest BCUT2D eigenvalue weighted by atomic mass is 10.3. The highest BCUT2D eigenvalue weighted by molar-refractivity contribution is 8.04. The molecule has 0 radical (unpaired) electrons. The smallest absolute Gasteiger partial charge is 0.265 e. The van der Waals surface area contributed by atoms with Gasteiger partial charge in [0.1, 0.15) is 11.7 Å². The van der Waals surface area contributed by atoms with E-state index in [1.807, 2.05) is 37.4 Å². The van der Waals surface area contributed by atoms with Crippen LogP contribution in [0.5, 0.6) is 0 Å². The zero-order valence-electron chi connectivity index (χ0n) is 15.0. The quantitative estimate of drug-likeness (QED) is 0.453. The van der Waals surface area contributed by atoms with Crippen molar-refractivity contribution >= 4 is 66.8 Å². The summed E-state index contributed by atoms with van der Waals surface area (Å²) >= 11 is 9.48. The molecule has 0 spiro atoms. The number of para-hydroxylation sites is 1. The molecule has 4 rings (SSSR count). The molecule has 0 saturated carbocycles. The molecule has 2 heterocycles. The number of halogens is 1. The van der Waals surface area contributed by atoms with Crippen LogP contribution in [-0.4, -0.2) is 25.3 Å². The fourth-order valence-electron chi connectivity index (χ4n) is 3.17. The molecule has 2 aromatic carbocycles. The summed E-state index contributed by atoms with van der Waals surface area (Å²) in [6.07, 6.45) is 2.45. The van der Waals surface area contributed by atoms with Gasteiger partial charge >= 0.3 is 0 Å². The molecule has 1 aromatic heterocycles. The van der Waals surface area contributed by atoms with Gasteiger partial charge in [0.15, 0.2) is 0 Å². The average Bonchev–Trinajstić information content (AvgIpc) is 3.12. The fourth-order valence-corrected chi connectivity index (χ4v) is 6.23. The number of anilines is 1. The first-order valence-corrected chi connectivity index (χ1v) is 12.2. The summed E-state index contributed by atoms with van der Waals surface area (Å²) < 4.78 is 34.6. The molecule has 0 amide bonds. The van der Waals surface area contributed by atoms with E-state index in [1.165, 1.54) is 10.2 Å². The lowest BCUT2D eigenvalue weighted by Gasteiger charge is -2.19. The van der Waals surface area contributed by atoms with Gasteiger partial charge in [-0.1, -0.05) is 46.8 Å². The summed E-state index contributed by atoms with van der Waals surface area (Å²) in [5.41, 5.74) is 2.17. The van der Waals surface area contributed by atoms with Gasteiger partial charge in [-0.15, -0.1) is 0 Å². The summed E-state index contributed by atoms with van der Waals surface area (Å²) in [5, 5.41) is 2.77. The Balaban J connectivity index is 1.71. The normalized spacial score (nSPS) is 15.5. The zero-order chi connectivity index (χ0) is 19.9. The molecule has 1 N–H and O–H groups in total. The summed E-state index contributed by atoms with van der Waals surface area (Å²) in [6, 6.07) is 13.9. The standard InChI is InChI=1S/C19H17ClN2O3S3/c1-21-14-5-2-3-6-16(14)26-18(21)12-19-22(9-4-10-28(23,24)25)15-8-7-13(20)11-17(15)27-19/h2-3,5-8,11-12H,4,9-10H2,1H3/p+1. The van der Waals surface area contributed by atoms with Crippen molar-refractivity contribution in [3.63, 3.8) is 0 Å². The van der Waals surface area contributed by atoms with Crippen LogP contribution >= 0.6 is 34.7 Å². The number of rotatable bonds is 5. The van der Waals surface area contributed by atoms with Crippen molar-refractivity contribution in [1.82, 2.24) is 0 Å². The van der Waals surface area contributed by atoms with Gasteiger partial charge in [-0.3, -0.25) is 4.55 Å². The number of thioether (sulfide) groups is 1. The topological polar surface area (TPSA) is 61.5 Å². The monoisotopic (exact) mass is 453 g/mol. The van der Waals surface area contributed by atoms with Crippen molar-refractivity contribution in [3.8, 4) is 0 Å². The minimum atomic E-state index is -3.98. The predicted octanol–water partition coefficient (Wildman–Crippen LogP) is 4.57. The Morgan fingerprint density at radius 2 is 2.04 bits per heavy atom.